The molecule has 0 unspecified atom stereocenters. The summed E-state index contributed by atoms with van der Waals surface area (Å²) in [4.78, 5) is 39.0. The molecule has 1 aromatic carbocycles. The van der Waals surface area contributed by atoms with Crippen LogP contribution in [0.4, 0.5) is 5.95 Å². The predicted molar refractivity (Wildman–Crippen MR) is 142 cm³/mol. The topological polar surface area (TPSA) is 111 Å². The zero-order chi connectivity index (χ0) is 26.0. The van der Waals surface area contributed by atoms with Crippen LogP contribution in [0.1, 0.15) is 38.7 Å². The van der Waals surface area contributed by atoms with Gasteiger partial charge in [0.2, 0.25) is 11.9 Å². The van der Waals surface area contributed by atoms with E-state index < -0.39 is 0 Å². The molecule has 0 saturated heterocycles. The average Bonchev–Trinajstić information content (AvgIpc) is 3.30. The molecule has 2 heterocycles. The van der Waals surface area contributed by atoms with Crippen LogP contribution in [-0.4, -0.2) is 44.6 Å². The van der Waals surface area contributed by atoms with Gasteiger partial charge in [0.05, 0.1) is 23.4 Å². The number of rotatable bonds is 8. The number of carbonyl (C=O) groups is 1. The van der Waals surface area contributed by atoms with Crippen molar-refractivity contribution in [3.63, 3.8) is 0 Å². The third-order valence-electron chi connectivity index (χ3n) is 6.43. The van der Waals surface area contributed by atoms with Crippen LogP contribution in [0.15, 0.2) is 29.7 Å². The van der Waals surface area contributed by atoms with Gasteiger partial charge in [-0.2, -0.15) is 4.98 Å². The Bertz CT molecular complexity index is 1360. The van der Waals surface area contributed by atoms with Crippen molar-refractivity contribution in [2.75, 3.05) is 12.4 Å². The molecule has 0 aliphatic heterocycles. The van der Waals surface area contributed by atoms with Gasteiger partial charge in [0.1, 0.15) is 17.0 Å². The van der Waals surface area contributed by atoms with E-state index in [-0.39, 0.29) is 34.3 Å². The number of hydrogen-bond acceptors (Lipinski definition) is 7. The van der Waals surface area contributed by atoms with Crippen molar-refractivity contribution in [2.24, 2.45) is 0 Å². The first-order valence-electron chi connectivity index (χ1n) is 11.8. The summed E-state index contributed by atoms with van der Waals surface area (Å²) in [5, 5.41) is 6.84. The highest BCUT2D eigenvalue weighted by molar-refractivity contribution is 6.40. The molecule has 190 valence electrons. The molecule has 3 aromatic rings. The van der Waals surface area contributed by atoms with Crippen molar-refractivity contribution in [1.82, 2.24) is 24.8 Å². The summed E-state index contributed by atoms with van der Waals surface area (Å²) in [5.41, 5.74) is 1.68. The second-order valence-corrected chi connectivity index (χ2v) is 9.26. The highest BCUT2D eigenvalue weighted by Crippen LogP contribution is 2.41. The normalized spacial score (nSPS) is 17.2. The number of carbonyl (C=O) groups excluding carboxylic acids is 1. The first-order valence-corrected chi connectivity index (χ1v) is 12.6. The maximum Gasteiger partial charge on any atom is 0.278 e. The molecule has 2 N–H and O–H groups in total. The number of anilines is 1. The number of aryl methyl sites for hydroxylation is 2. The highest BCUT2D eigenvalue weighted by Gasteiger charge is 2.29. The number of amides is 1. The van der Waals surface area contributed by atoms with Gasteiger partial charge in [-0.15, -0.1) is 0 Å². The average molecular weight is 531 g/mol. The van der Waals surface area contributed by atoms with Gasteiger partial charge < -0.3 is 15.4 Å². The van der Waals surface area contributed by atoms with Gasteiger partial charge in [-0.05, 0) is 50.3 Å². The van der Waals surface area contributed by atoms with Crippen molar-refractivity contribution < 1.29 is 9.53 Å². The van der Waals surface area contributed by atoms with Crippen LogP contribution in [0.2, 0.25) is 10.0 Å². The van der Waals surface area contributed by atoms with E-state index >= 15 is 0 Å². The molecule has 2 atom stereocenters. The smallest absolute Gasteiger partial charge is 0.278 e. The largest absolute Gasteiger partial charge is 0.495 e. The Kier molecular flexibility index (Phi) is 7.80. The summed E-state index contributed by atoms with van der Waals surface area (Å²) in [5.74, 6) is 0.558. The standard InChI is InChI=1S/C25H28Cl2N6O3/c1-5-13-11-17(36-4)21(27)19(20(13)26)22-24(35)33(7-3)23-16(30-22)12-28-25(32-23)31-15-10-8-9-14(15)29-18(34)6-2/h6,11-12,14-15H,2,5,7-10H2,1,3-4H3,(H,29,34)(H,28,31,32)/t14-,15+/m0/s1. The first kappa shape index (κ1) is 25.9. The van der Waals surface area contributed by atoms with E-state index in [1.54, 1.807) is 12.3 Å². The monoisotopic (exact) mass is 530 g/mol. The highest BCUT2D eigenvalue weighted by atomic mass is 35.5. The molecule has 1 saturated carbocycles. The molecule has 36 heavy (non-hydrogen) atoms. The zero-order valence-electron chi connectivity index (χ0n) is 20.4. The molecule has 11 heteroatoms. The van der Waals surface area contributed by atoms with Gasteiger partial charge in [-0.25, -0.2) is 9.97 Å². The van der Waals surface area contributed by atoms with E-state index in [0.29, 0.717) is 46.4 Å². The Morgan fingerprint density at radius 1 is 1.25 bits per heavy atom. The number of benzene rings is 1. The number of nitrogens with zero attached hydrogens (tertiary/aromatic N) is 4. The number of fused-ring (bicyclic) bond motifs is 1. The molecule has 9 nitrogen and oxygen atoms in total. The summed E-state index contributed by atoms with van der Waals surface area (Å²) in [6.45, 7) is 7.67. The SMILES string of the molecule is C=CC(=O)N[C@H]1CCC[C@H]1Nc1ncc2nc(-c3c(Cl)c(CC)cc(OC)c3Cl)c(=O)n(CC)c2n1. The van der Waals surface area contributed by atoms with E-state index in [9.17, 15) is 9.59 Å². The molecule has 2 aromatic heterocycles. The van der Waals surface area contributed by atoms with Crippen molar-refractivity contribution in [1.29, 1.82) is 0 Å². The molecule has 0 bridgehead atoms. The maximum atomic E-state index is 13.6. The molecule has 4 rings (SSSR count). The number of aromatic nitrogens is 4. The number of halogens is 2. The van der Waals surface area contributed by atoms with Gasteiger partial charge in [-0.1, -0.05) is 36.7 Å². The second-order valence-electron chi connectivity index (χ2n) is 8.51. The van der Waals surface area contributed by atoms with E-state index in [0.717, 1.165) is 24.8 Å². The molecule has 0 spiro atoms. The summed E-state index contributed by atoms with van der Waals surface area (Å²) >= 11 is 13.3. The van der Waals surface area contributed by atoms with Gasteiger partial charge in [-0.3, -0.25) is 14.2 Å². The lowest BCUT2D eigenvalue weighted by atomic mass is 10.0. The third kappa shape index (κ3) is 4.77. The molecular formula is C25H28Cl2N6O3. The fourth-order valence-corrected chi connectivity index (χ4v) is 5.29. The molecule has 1 aliphatic carbocycles. The lowest BCUT2D eigenvalue weighted by Gasteiger charge is -2.22. The van der Waals surface area contributed by atoms with Crippen molar-refractivity contribution in [3.8, 4) is 17.0 Å². The van der Waals surface area contributed by atoms with Crippen LogP contribution >= 0.6 is 23.2 Å². The molecule has 0 radical (unpaired) electrons. The minimum Gasteiger partial charge on any atom is -0.495 e. The first-order chi connectivity index (χ1) is 17.3. The Labute approximate surface area is 218 Å². The van der Waals surface area contributed by atoms with Crippen LogP contribution in [0, 0.1) is 0 Å². The number of hydrogen-bond donors (Lipinski definition) is 2. The van der Waals surface area contributed by atoms with E-state index in [1.807, 2.05) is 13.8 Å². The minimum atomic E-state index is -0.370. The Balaban J connectivity index is 1.79. The number of nitrogens with one attached hydrogen (secondary N) is 2. The summed E-state index contributed by atoms with van der Waals surface area (Å²) < 4.78 is 6.94. The predicted octanol–water partition coefficient (Wildman–Crippen LogP) is 4.39. The second kappa shape index (κ2) is 10.8. The number of methoxy groups -OCH3 is 1. The van der Waals surface area contributed by atoms with Gasteiger partial charge in [0, 0.05) is 24.2 Å². The Hall–Kier alpha value is -3.17. The Morgan fingerprint density at radius 3 is 2.67 bits per heavy atom. The fraction of sp³-hybridized carbons (Fsp3) is 0.400. The van der Waals surface area contributed by atoms with Crippen LogP contribution in [-0.2, 0) is 17.8 Å². The van der Waals surface area contributed by atoms with Crippen LogP contribution in [0.25, 0.3) is 22.4 Å². The molecule has 1 fully saturated rings. The van der Waals surface area contributed by atoms with Gasteiger partial charge in [0.15, 0.2) is 5.65 Å². The minimum absolute atomic E-state index is 0.0396. The summed E-state index contributed by atoms with van der Waals surface area (Å²) in [7, 11) is 1.51. The Morgan fingerprint density at radius 2 is 2.00 bits per heavy atom. The third-order valence-corrected chi connectivity index (χ3v) is 7.23. The van der Waals surface area contributed by atoms with Crippen LogP contribution < -0.4 is 20.9 Å². The van der Waals surface area contributed by atoms with Crippen molar-refractivity contribution in [2.45, 2.75) is 58.2 Å². The number of ether oxygens (including phenoxy) is 1. The molecular weight excluding hydrogens is 503 g/mol. The van der Waals surface area contributed by atoms with E-state index in [1.165, 1.54) is 17.8 Å². The summed E-state index contributed by atoms with van der Waals surface area (Å²) in [6, 6.07) is 1.67. The van der Waals surface area contributed by atoms with Crippen LogP contribution in [0.3, 0.4) is 0 Å². The quantitative estimate of drug-likeness (QED) is 0.415. The maximum absolute atomic E-state index is 13.6. The van der Waals surface area contributed by atoms with Crippen molar-refractivity contribution in [3.05, 3.63) is 50.9 Å². The molecule has 1 amide bonds. The van der Waals surface area contributed by atoms with Gasteiger partial charge >= 0.3 is 0 Å². The van der Waals surface area contributed by atoms with E-state index in [2.05, 4.69) is 32.2 Å². The lowest BCUT2D eigenvalue weighted by molar-refractivity contribution is -0.117. The summed E-state index contributed by atoms with van der Waals surface area (Å²) in [6.07, 6.45) is 6.11. The van der Waals surface area contributed by atoms with Crippen LogP contribution in [0.5, 0.6) is 5.75 Å². The zero-order valence-corrected chi connectivity index (χ0v) is 21.9. The van der Waals surface area contributed by atoms with Gasteiger partial charge in [0.25, 0.3) is 5.56 Å². The van der Waals surface area contributed by atoms with E-state index in [4.69, 9.17) is 27.9 Å². The fourth-order valence-electron chi connectivity index (χ4n) is 4.55. The lowest BCUT2D eigenvalue weighted by Crippen LogP contribution is -2.43. The molecule has 1 aliphatic rings. The van der Waals surface area contributed by atoms with Crippen molar-refractivity contribution >= 4 is 46.2 Å².